The third-order valence-electron chi connectivity index (χ3n) is 2.38. The molecule has 0 aliphatic heterocycles. The molecule has 5 N–H and O–H groups in total. The molecule has 1 atom stereocenters. The van der Waals surface area contributed by atoms with Gasteiger partial charge >= 0.3 is 12.0 Å². The van der Waals surface area contributed by atoms with Crippen molar-refractivity contribution < 1.29 is 24.2 Å². The van der Waals surface area contributed by atoms with Gasteiger partial charge in [0.2, 0.25) is 5.91 Å². The molecular weight excluding hydrogens is 266 g/mol. The van der Waals surface area contributed by atoms with Crippen LogP contribution < -0.4 is 16.4 Å². The maximum absolute atomic E-state index is 11.4. The zero-order valence-corrected chi connectivity index (χ0v) is 11.8. The van der Waals surface area contributed by atoms with Crippen molar-refractivity contribution in [2.24, 2.45) is 11.7 Å². The Hall–Kier alpha value is -1.83. The van der Waals surface area contributed by atoms with Crippen LogP contribution >= 0.6 is 0 Å². The molecule has 0 saturated heterocycles. The number of rotatable bonds is 10. The maximum atomic E-state index is 11.4. The Kier molecular flexibility index (Phi) is 9.10. The minimum atomic E-state index is -1.32. The fraction of sp³-hybridized carbons (Fsp3) is 0.750. The van der Waals surface area contributed by atoms with Gasteiger partial charge in [-0.1, -0.05) is 13.8 Å². The number of ether oxygens (including phenoxy) is 1. The van der Waals surface area contributed by atoms with Crippen LogP contribution in [0, 0.1) is 5.92 Å². The molecule has 0 radical (unpaired) electrons. The van der Waals surface area contributed by atoms with Gasteiger partial charge in [0, 0.05) is 13.2 Å². The molecule has 0 unspecified atom stereocenters. The number of carbonyl (C=O) groups is 3. The van der Waals surface area contributed by atoms with Crippen LogP contribution in [0.5, 0.6) is 0 Å². The van der Waals surface area contributed by atoms with E-state index < -0.39 is 30.4 Å². The molecule has 0 fully saturated rings. The molecule has 8 nitrogen and oxygen atoms in total. The summed E-state index contributed by atoms with van der Waals surface area (Å²) in [5.74, 6) is -1.56. The fourth-order valence-corrected chi connectivity index (χ4v) is 1.27. The summed E-state index contributed by atoms with van der Waals surface area (Å²) in [6, 6.07) is -2.00. The first-order valence-corrected chi connectivity index (χ1v) is 6.46. The van der Waals surface area contributed by atoms with Crippen molar-refractivity contribution in [3.05, 3.63) is 0 Å². The molecule has 0 aliphatic carbocycles. The number of primary amides is 1. The SMILES string of the molecule is CC(C)CCOCCNC(=O)N[C@@H](CC(N)=O)C(=O)O. The van der Waals surface area contributed by atoms with Crippen LogP contribution in [0.1, 0.15) is 26.7 Å². The third-order valence-corrected chi connectivity index (χ3v) is 2.38. The predicted molar refractivity (Wildman–Crippen MR) is 72.0 cm³/mol. The van der Waals surface area contributed by atoms with E-state index in [1.54, 1.807) is 0 Å². The van der Waals surface area contributed by atoms with E-state index in [2.05, 4.69) is 24.5 Å². The number of hydrogen-bond donors (Lipinski definition) is 4. The Morgan fingerprint density at radius 1 is 1.25 bits per heavy atom. The van der Waals surface area contributed by atoms with Gasteiger partial charge < -0.3 is 26.2 Å². The van der Waals surface area contributed by atoms with Crippen LogP contribution in [0.15, 0.2) is 0 Å². The summed E-state index contributed by atoms with van der Waals surface area (Å²) in [6.45, 7) is 5.38. The van der Waals surface area contributed by atoms with Gasteiger partial charge in [-0.05, 0) is 12.3 Å². The summed E-state index contributed by atoms with van der Waals surface area (Å²) in [6.07, 6.45) is 0.486. The van der Waals surface area contributed by atoms with Crippen LogP contribution in [0.2, 0.25) is 0 Å². The van der Waals surface area contributed by atoms with E-state index in [1.165, 1.54) is 0 Å². The minimum absolute atomic E-state index is 0.257. The first-order valence-electron chi connectivity index (χ1n) is 6.46. The second-order valence-corrected chi connectivity index (χ2v) is 4.76. The Morgan fingerprint density at radius 2 is 1.90 bits per heavy atom. The second kappa shape index (κ2) is 10.0. The van der Waals surface area contributed by atoms with Crippen molar-refractivity contribution in [2.75, 3.05) is 19.8 Å². The lowest BCUT2D eigenvalue weighted by Gasteiger charge is -2.13. The molecule has 3 amide bonds. The third kappa shape index (κ3) is 10.1. The summed E-state index contributed by atoms with van der Waals surface area (Å²) >= 11 is 0. The first-order chi connectivity index (χ1) is 9.32. The van der Waals surface area contributed by atoms with Crippen LogP contribution in [-0.2, 0) is 14.3 Å². The van der Waals surface area contributed by atoms with E-state index in [0.717, 1.165) is 6.42 Å². The molecule has 0 saturated carbocycles. The molecule has 0 spiro atoms. The van der Waals surface area contributed by atoms with Gasteiger partial charge in [-0.25, -0.2) is 9.59 Å². The lowest BCUT2D eigenvalue weighted by Crippen LogP contribution is -2.48. The lowest BCUT2D eigenvalue weighted by molar-refractivity contribution is -0.140. The van der Waals surface area contributed by atoms with E-state index in [0.29, 0.717) is 19.1 Å². The largest absolute Gasteiger partial charge is 0.480 e. The first kappa shape index (κ1) is 18.2. The van der Waals surface area contributed by atoms with Gasteiger partial charge in [-0.3, -0.25) is 4.79 Å². The van der Waals surface area contributed by atoms with Crippen molar-refractivity contribution in [2.45, 2.75) is 32.7 Å². The minimum Gasteiger partial charge on any atom is -0.480 e. The molecule has 0 rings (SSSR count). The number of urea groups is 1. The zero-order chi connectivity index (χ0) is 15.5. The molecule has 20 heavy (non-hydrogen) atoms. The molecule has 0 aromatic heterocycles. The molecule has 0 heterocycles. The quantitative estimate of drug-likeness (QED) is 0.409. The van der Waals surface area contributed by atoms with E-state index in [-0.39, 0.29) is 6.54 Å². The van der Waals surface area contributed by atoms with E-state index in [9.17, 15) is 14.4 Å². The fourth-order valence-electron chi connectivity index (χ4n) is 1.27. The number of nitrogens with two attached hydrogens (primary N) is 1. The van der Waals surface area contributed by atoms with Gasteiger partial charge in [0.25, 0.3) is 0 Å². The summed E-state index contributed by atoms with van der Waals surface area (Å²) in [7, 11) is 0. The van der Waals surface area contributed by atoms with E-state index in [4.69, 9.17) is 15.6 Å². The summed E-state index contributed by atoms with van der Waals surface area (Å²) < 4.78 is 5.28. The molecular formula is C12H23N3O5. The molecule has 0 aromatic carbocycles. The zero-order valence-electron chi connectivity index (χ0n) is 11.8. The van der Waals surface area contributed by atoms with Crippen LogP contribution in [0.3, 0.4) is 0 Å². The van der Waals surface area contributed by atoms with Crippen molar-refractivity contribution in [1.82, 2.24) is 10.6 Å². The Balaban J connectivity index is 3.80. The smallest absolute Gasteiger partial charge is 0.326 e. The highest BCUT2D eigenvalue weighted by Gasteiger charge is 2.21. The summed E-state index contributed by atoms with van der Waals surface area (Å²) in [5.41, 5.74) is 4.89. The lowest BCUT2D eigenvalue weighted by atomic mass is 10.1. The van der Waals surface area contributed by atoms with Crippen molar-refractivity contribution >= 4 is 17.9 Å². The molecule has 0 bridgehead atoms. The number of carbonyl (C=O) groups excluding carboxylic acids is 2. The average Bonchev–Trinajstić information content (AvgIpc) is 2.31. The van der Waals surface area contributed by atoms with Gasteiger partial charge in [0.15, 0.2) is 0 Å². The topological polar surface area (TPSA) is 131 Å². The van der Waals surface area contributed by atoms with Crippen LogP contribution in [0.4, 0.5) is 4.79 Å². The van der Waals surface area contributed by atoms with Crippen molar-refractivity contribution in [3.8, 4) is 0 Å². The molecule has 0 aromatic rings. The maximum Gasteiger partial charge on any atom is 0.326 e. The highest BCUT2D eigenvalue weighted by Crippen LogP contribution is 1.98. The van der Waals surface area contributed by atoms with Gasteiger partial charge in [0.05, 0.1) is 13.0 Å². The Bertz CT molecular complexity index is 333. The number of hydrogen-bond acceptors (Lipinski definition) is 4. The number of amides is 3. The highest BCUT2D eigenvalue weighted by atomic mass is 16.5. The summed E-state index contributed by atoms with van der Waals surface area (Å²) in [4.78, 5) is 32.8. The monoisotopic (exact) mass is 289 g/mol. The Morgan fingerprint density at radius 3 is 2.40 bits per heavy atom. The standard InChI is InChI=1S/C12H23N3O5/c1-8(2)3-5-20-6-4-14-12(19)15-9(11(17)18)7-10(13)16/h8-9H,3-7H2,1-2H3,(H2,13,16)(H,17,18)(H2,14,15,19)/t9-/m0/s1. The van der Waals surface area contributed by atoms with Gasteiger partial charge in [-0.15, -0.1) is 0 Å². The van der Waals surface area contributed by atoms with Crippen molar-refractivity contribution in [1.29, 1.82) is 0 Å². The average molecular weight is 289 g/mol. The molecule has 0 aliphatic rings. The number of aliphatic carboxylic acids is 1. The molecule has 8 heteroatoms. The number of nitrogens with one attached hydrogen (secondary N) is 2. The normalized spacial score (nSPS) is 11.9. The van der Waals surface area contributed by atoms with Crippen molar-refractivity contribution in [3.63, 3.8) is 0 Å². The highest BCUT2D eigenvalue weighted by molar-refractivity contribution is 5.87. The Labute approximate surface area is 118 Å². The van der Waals surface area contributed by atoms with E-state index in [1.807, 2.05) is 0 Å². The van der Waals surface area contributed by atoms with Crippen LogP contribution in [-0.4, -0.2) is 48.8 Å². The summed E-state index contributed by atoms with van der Waals surface area (Å²) in [5, 5.41) is 13.4. The second-order valence-electron chi connectivity index (χ2n) is 4.76. The predicted octanol–water partition coefficient (Wildman–Crippen LogP) is -0.323. The number of carboxylic acid groups (broad SMARTS) is 1. The van der Waals surface area contributed by atoms with Gasteiger partial charge in [0.1, 0.15) is 6.04 Å². The molecule has 116 valence electrons. The van der Waals surface area contributed by atoms with Gasteiger partial charge in [-0.2, -0.15) is 0 Å². The van der Waals surface area contributed by atoms with E-state index >= 15 is 0 Å². The number of carboxylic acids is 1. The van der Waals surface area contributed by atoms with Crippen LogP contribution in [0.25, 0.3) is 0 Å².